The number of thioether (sulfide) groups is 1. The third-order valence-electron chi connectivity index (χ3n) is 1.41. The fourth-order valence-corrected chi connectivity index (χ4v) is 1.52. The van der Waals surface area contributed by atoms with Crippen LogP contribution in [0.25, 0.3) is 0 Å². The van der Waals surface area contributed by atoms with E-state index in [1.807, 2.05) is 18.2 Å². The second kappa shape index (κ2) is 5.18. The lowest BCUT2D eigenvalue weighted by molar-refractivity contribution is 1.42. The van der Waals surface area contributed by atoms with E-state index in [4.69, 9.17) is 0 Å². The van der Waals surface area contributed by atoms with Gasteiger partial charge >= 0.3 is 0 Å². The second-order valence-corrected chi connectivity index (χ2v) is 3.32. The van der Waals surface area contributed by atoms with Crippen LogP contribution in [-0.4, -0.2) is 12.0 Å². The van der Waals surface area contributed by atoms with Crippen molar-refractivity contribution in [2.45, 2.75) is 4.90 Å². The third kappa shape index (κ3) is 2.51. The van der Waals surface area contributed by atoms with E-state index in [9.17, 15) is 0 Å². The fraction of sp³-hybridized carbons (Fsp3) is 0.200. The summed E-state index contributed by atoms with van der Waals surface area (Å²) in [6, 6.07) is 8.13. The fourth-order valence-electron chi connectivity index (χ4n) is 0.883. The largest absolute Gasteiger partial charge is 0.166 e. The van der Waals surface area contributed by atoms with Crippen molar-refractivity contribution in [1.82, 2.24) is 0 Å². The Balaban J connectivity index is 2.97. The highest BCUT2D eigenvalue weighted by molar-refractivity contribution is 7.98. The average Bonchev–Trinajstić information content (AvgIpc) is 2.15. The van der Waals surface area contributed by atoms with Crippen molar-refractivity contribution in [3.63, 3.8) is 0 Å². The summed E-state index contributed by atoms with van der Waals surface area (Å²) in [6.07, 6.45) is 2.06. The van der Waals surface area contributed by atoms with Crippen LogP contribution in [0.15, 0.2) is 29.2 Å². The minimum atomic E-state index is 0.614. The molecule has 0 unspecified atom stereocenters. The van der Waals surface area contributed by atoms with Crippen LogP contribution in [0.4, 0.5) is 0 Å². The summed E-state index contributed by atoms with van der Waals surface area (Å²) < 4.78 is 0. The molecular formula is C10H10S2. The van der Waals surface area contributed by atoms with Crippen LogP contribution in [0.5, 0.6) is 0 Å². The Labute approximate surface area is 83.2 Å². The summed E-state index contributed by atoms with van der Waals surface area (Å²) in [5.41, 5.74) is 1.10. The summed E-state index contributed by atoms with van der Waals surface area (Å²) in [5.74, 6) is 6.62. The van der Waals surface area contributed by atoms with Crippen molar-refractivity contribution in [3.05, 3.63) is 29.8 Å². The molecule has 0 aliphatic heterocycles. The quantitative estimate of drug-likeness (QED) is 0.407. The summed E-state index contributed by atoms with van der Waals surface area (Å²) in [6.45, 7) is 0. The number of thiol groups is 1. The Morgan fingerprint density at radius 1 is 1.42 bits per heavy atom. The lowest BCUT2D eigenvalue weighted by Crippen LogP contribution is -1.78. The summed E-state index contributed by atoms with van der Waals surface area (Å²) >= 11 is 5.75. The van der Waals surface area contributed by atoms with Gasteiger partial charge in [-0.15, -0.1) is 11.8 Å². The zero-order valence-corrected chi connectivity index (χ0v) is 8.58. The highest BCUT2D eigenvalue weighted by Crippen LogP contribution is 2.18. The highest BCUT2D eigenvalue weighted by Gasteiger charge is 1.94. The van der Waals surface area contributed by atoms with Crippen molar-refractivity contribution in [2.75, 3.05) is 12.0 Å². The predicted molar refractivity (Wildman–Crippen MR) is 59.0 cm³/mol. The Bertz CT molecular complexity index is 307. The van der Waals surface area contributed by atoms with Gasteiger partial charge < -0.3 is 0 Å². The van der Waals surface area contributed by atoms with Gasteiger partial charge in [0.05, 0.1) is 5.75 Å². The molecule has 0 spiro atoms. The second-order valence-electron chi connectivity index (χ2n) is 2.16. The molecule has 0 aliphatic rings. The van der Waals surface area contributed by atoms with Crippen molar-refractivity contribution in [3.8, 4) is 11.8 Å². The van der Waals surface area contributed by atoms with Crippen LogP contribution in [0.1, 0.15) is 5.56 Å². The van der Waals surface area contributed by atoms with Crippen molar-refractivity contribution < 1.29 is 0 Å². The Morgan fingerprint density at radius 2 is 2.17 bits per heavy atom. The zero-order chi connectivity index (χ0) is 8.81. The average molecular weight is 194 g/mol. The molecule has 0 fully saturated rings. The van der Waals surface area contributed by atoms with Gasteiger partial charge in [-0.1, -0.05) is 24.0 Å². The van der Waals surface area contributed by atoms with Gasteiger partial charge in [0.25, 0.3) is 0 Å². The van der Waals surface area contributed by atoms with Crippen LogP contribution >= 0.6 is 24.4 Å². The Morgan fingerprint density at radius 3 is 2.83 bits per heavy atom. The highest BCUT2D eigenvalue weighted by atomic mass is 32.2. The monoisotopic (exact) mass is 194 g/mol. The summed E-state index contributed by atoms with van der Waals surface area (Å²) in [5, 5.41) is 0. The van der Waals surface area contributed by atoms with E-state index in [0.717, 1.165) is 5.56 Å². The van der Waals surface area contributed by atoms with Crippen molar-refractivity contribution in [1.29, 1.82) is 0 Å². The number of hydrogen-bond donors (Lipinski definition) is 1. The van der Waals surface area contributed by atoms with E-state index in [1.165, 1.54) is 4.90 Å². The van der Waals surface area contributed by atoms with Gasteiger partial charge in [0, 0.05) is 10.5 Å². The first-order chi connectivity index (χ1) is 5.88. The van der Waals surface area contributed by atoms with Gasteiger partial charge in [0.15, 0.2) is 0 Å². The third-order valence-corrected chi connectivity index (χ3v) is 2.36. The van der Waals surface area contributed by atoms with E-state index in [1.54, 1.807) is 11.8 Å². The van der Waals surface area contributed by atoms with Gasteiger partial charge in [-0.25, -0.2) is 0 Å². The molecule has 1 rings (SSSR count). The molecule has 2 heteroatoms. The number of benzene rings is 1. The molecule has 0 saturated carbocycles. The topological polar surface area (TPSA) is 0 Å². The maximum absolute atomic E-state index is 4.03. The van der Waals surface area contributed by atoms with Crippen LogP contribution in [0.2, 0.25) is 0 Å². The maximum Gasteiger partial charge on any atom is 0.0521 e. The predicted octanol–water partition coefficient (Wildman–Crippen LogP) is 2.69. The van der Waals surface area contributed by atoms with E-state index in [2.05, 4.69) is 36.8 Å². The van der Waals surface area contributed by atoms with Gasteiger partial charge in [-0.2, -0.15) is 12.6 Å². The molecule has 1 aromatic rings. The SMILES string of the molecule is CSc1ccccc1C#CCS. The van der Waals surface area contributed by atoms with Gasteiger partial charge in [0.1, 0.15) is 0 Å². The minimum absolute atomic E-state index is 0.614. The molecule has 0 amide bonds. The molecule has 1 aromatic carbocycles. The molecule has 0 atom stereocenters. The minimum Gasteiger partial charge on any atom is -0.166 e. The summed E-state index contributed by atoms with van der Waals surface area (Å²) in [4.78, 5) is 1.23. The van der Waals surface area contributed by atoms with E-state index >= 15 is 0 Å². The lowest BCUT2D eigenvalue weighted by atomic mass is 10.2. The Hall–Kier alpha value is -0.520. The first kappa shape index (κ1) is 9.57. The standard InChI is InChI=1S/C10H10S2/c1-12-10-7-3-2-5-9(10)6-4-8-11/h2-3,5,7,11H,8H2,1H3. The molecule has 0 heterocycles. The van der Waals surface area contributed by atoms with Crippen LogP contribution in [-0.2, 0) is 0 Å². The van der Waals surface area contributed by atoms with Crippen molar-refractivity contribution >= 4 is 24.4 Å². The van der Waals surface area contributed by atoms with Crippen LogP contribution < -0.4 is 0 Å². The molecule has 0 aromatic heterocycles. The number of hydrogen-bond acceptors (Lipinski definition) is 2. The first-order valence-electron chi connectivity index (χ1n) is 3.61. The van der Waals surface area contributed by atoms with E-state index in [-0.39, 0.29) is 0 Å². The molecule has 12 heavy (non-hydrogen) atoms. The van der Waals surface area contributed by atoms with Gasteiger partial charge in [-0.3, -0.25) is 0 Å². The lowest BCUT2D eigenvalue weighted by Gasteiger charge is -1.97. The molecule has 0 aliphatic carbocycles. The molecule has 0 bridgehead atoms. The zero-order valence-electron chi connectivity index (χ0n) is 6.87. The first-order valence-corrected chi connectivity index (χ1v) is 5.47. The smallest absolute Gasteiger partial charge is 0.0521 e. The number of rotatable bonds is 1. The summed E-state index contributed by atoms with van der Waals surface area (Å²) in [7, 11) is 0. The van der Waals surface area contributed by atoms with E-state index < -0.39 is 0 Å². The van der Waals surface area contributed by atoms with Gasteiger partial charge in [0.2, 0.25) is 0 Å². The van der Waals surface area contributed by atoms with Crippen LogP contribution in [0.3, 0.4) is 0 Å². The van der Waals surface area contributed by atoms with Gasteiger partial charge in [-0.05, 0) is 18.4 Å². The normalized spacial score (nSPS) is 8.83. The van der Waals surface area contributed by atoms with E-state index in [0.29, 0.717) is 5.75 Å². The maximum atomic E-state index is 4.03. The molecule has 62 valence electrons. The van der Waals surface area contributed by atoms with Crippen molar-refractivity contribution in [2.24, 2.45) is 0 Å². The molecule has 0 N–H and O–H groups in total. The molecule has 0 radical (unpaired) electrons. The molecule has 0 nitrogen and oxygen atoms in total. The Kier molecular flexibility index (Phi) is 4.13. The molecule has 0 saturated heterocycles. The molecular weight excluding hydrogens is 184 g/mol. The van der Waals surface area contributed by atoms with Crippen LogP contribution in [0, 0.1) is 11.8 Å².